The normalized spacial score (nSPS) is 11.4. The molecule has 0 radical (unpaired) electrons. The third-order valence-corrected chi connectivity index (χ3v) is 3.13. The van der Waals surface area contributed by atoms with E-state index in [0.717, 1.165) is 6.42 Å². The van der Waals surface area contributed by atoms with E-state index in [9.17, 15) is 14.9 Å². The maximum atomic E-state index is 11.3. The summed E-state index contributed by atoms with van der Waals surface area (Å²) >= 11 is 0. The molecule has 0 aliphatic carbocycles. The second-order valence-electron chi connectivity index (χ2n) is 5.38. The number of hydrogen-bond donors (Lipinski definition) is 2. The van der Waals surface area contributed by atoms with Crippen molar-refractivity contribution in [2.24, 2.45) is 18.2 Å². The van der Waals surface area contributed by atoms with Crippen LogP contribution in [-0.4, -0.2) is 27.2 Å². The van der Waals surface area contributed by atoms with Crippen molar-refractivity contribution in [3.63, 3.8) is 0 Å². The number of hydrogen-bond acceptors (Lipinski definition) is 5. The van der Waals surface area contributed by atoms with Crippen LogP contribution in [0.25, 0.3) is 0 Å². The van der Waals surface area contributed by atoms with Gasteiger partial charge < -0.3 is 11.1 Å². The standard InChI is InChI=1S/C12H21N5O3/c1-5-6-8-9(17(19)20)10(16(4)15-8)14-7-12(2,3)11(13)18/h14H,5-7H2,1-4H3,(H2,13,18). The first-order valence-corrected chi connectivity index (χ1v) is 6.44. The molecule has 1 aromatic rings. The predicted octanol–water partition coefficient (Wildman–Crippen LogP) is 1.20. The highest BCUT2D eigenvalue weighted by atomic mass is 16.6. The lowest BCUT2D eigenvalue weighted by Crippen LogP contribution is -2.37. The van der Waals surface area contributed by atoms with Crippen molar-refractivity contribution in [1.82, 2.24) is 9.78 Å². The molecule has 8 nitrogen and oxygen atoms in total. The Morgan fingerprint density at radius 2 is 2.15 bits per heavy atom. The van der Waals surface area contributed by atoms with Gasteiger partial charge in [0, 0.05) is 13.6 Å². The molecule has 1 heterocycles. The molecule has 1 aromatic heterocycles. The maximum Gasteiger partial charge on any atom is 0.333 e. The monoisotopic (exact) mass is 283 g/mol. The number of aromatic nitrogens is 2. The van der Waals surface area contributed by atoms with Crippen LogP contribution in [0.4, 0.5) is 11.5 Å². The van der Waals surface area contributed by atoms with Gasteiger partial charge in [-0.2, -0.15) is 5.10 Å². The minimum Gasteiger partial charge on any atom is -0.369 e. The number of nitrogens with zero attached hydrogens (tertiary/aromatic N) is 3. The Balaban J connectivity index is 3.06. The van der Waals surface area contributed by atoms with Crippen LogP contribution in [-0.2, 0) is 18.3 Å². The highest BCUT2D eigenvalue weighted by molar-refractivity contribution is 5.80. The molecular weight excluding hydrogens is 262 g/mol. The summed E-state index contributed by atoms with van der Waals surface area (Å²) in [5, 5.41) is 18.3. The molecule has 0 atom stereocenters. The molecule has 1 amide bonds. The molecule has 0 bridgehead atoms. The van der Waals surface area contributed by atoms with Gasteiger partial charge in [0.15, 0.2) is 0 Å². The van der Waals surface area contributed by atoms with E-state index in [1.54, 1.807) is 20.9 Å². The summed E-state index contributed by atoms with van der Waals surface area (Å²) in [6, 6.07) is 0. The summed E-state index contributed by atoms with van der Waals surface area (Å²) < 4.78 is 1.43. The molecule has 20 heavy (non-hydrogen) atoms. The molecule has 0 fully saturated rings. The van der Waals surface area contributed by atoms with Gasteiger partial charge in [-0.1, -0.05) is 13.3 Å². The summed E-state index contributed by atoms with van der Waals surface area (Å²) in [5.41, 5.74) is 4.90. The van der Waals surface area contributed by atoms with Crippen LogP contribution in [0.15, 0.2) is 0 Å². The zero-order valence-corrected chi connectivity index (χ0v) is 12.3. The van der Waals surface area contributed by atoms with Crippen molar-refractivity contribution in [3.8, 4) is 0 Å². The predicted molar refractivity (Wildman–Crippen MR) is 75.3 cm³/mol. The number of anilines is 1. The molecule has 1 rings (SSSR count). The second kappa shape index (κ2) is 5.89. The van der Waals surface area contributed by atoms with Gasteiger partial charge in [-0.3, -0.25) is 14.9 Å². The minimum atomic E-state index is -0.803. The van der Waals surface area contributed by atoms with Crippen molar-refractivity contribution >= 4 is 17.4 Å². The van der Waals surface area contributed by atoms with Gasteiger partial charge in [0.2, 0.25) is 11.7 Å². The molecule has 8 heteroatoms. The van der Waals surface area contributed by atoms with Gasteiger partial charge in [0.25, 0.3) is 0 Å². The molecule has 0 aromatic carbocycles. The maximum absolute atomic E-state index is 11.3. The number of carbonyl (C=O) groups is 1. The molecule has 0 aliphatic rings. The van der Waals surface area contributed by atoms with E-state index >= 15 is 0 Å². The fourth-order valence-electron chi connectivity index (χ4n) is 1.76. The van der Waals surface area contributed by atoms with Crippen LogP contribution >= 0.6 is 0 Å². The summed E-state index contributed by atoms with van der Waals surface area (Å²) in [5.74, 6) is -0.170. The number of nitrogens with one attached hydrogen (secondary N) is 1. The van der Waals surface area contributed by atoms with Gasteiger partial charge in [0.1, 0.15) is 5.69 Å². The highest BCUT2D eigenvalue weighted by Crippen LogP contribution is 2.30. The summed E-state index contributed by atoms with van der Waals surface area (Å²) in [7, 11) is 1.63. The Morgan fingerprint density at radius 3 is 2.60 bits per heavy atom. The van der Waals surface area contributed by atoms with E-state index in [2.05, 4.69) is 10.4 Å². The number of rotatable bonds is 7. The topological polar surface area (TPSA) is 116 Å². The van der Waals surface area contributed by atoms with Crippen LogP contribution in [0, 0.1) is 15.5 Å². The third-order valence-electron chi connectivity index (χ3n) is 3.13. The van der Waals surface area contributed by atoms with Crippen LogP contribution < -0.4 is 11.1 Å². The molecule has 112 valence electrons. The number of aryl methyl sites for hydroxylation is 2. The van der Waals surface area contributed by atoms with Gasteiger partial charge in [-0.05, 0) is 20.3 Å². The Labute approximate surface area is 117 Å². The molecular formula is C12H21N5O3. The second-order valence-corrected chi connectivity index (χ2v) is 5.38. The molecule has 3 N–H and O–H groups in total. The zero-order valence-electron chi connectivity index (χ0n) is 12.3. The molecule has 0 saturated heterocycles. The van der Waals surface area contributed by atoms with Crippen molar-refractivity contribution in [2.45, 2.75) is 33.6 Å². The smallest absolute Gasteiger partial charge is 0.333 e. The van der Waals surface area contributed by atoms with Crippen LogP contribution in [0.5, 0.6) is 0 Å². The van der Waals surface area contributed by atoms with Crippen LogP contribution in [0.3, 0.4) is 0 Å². The molecule has 0 unspecified atom stereocenters. The van der Waals surface area contributed by atoms with E-state index in [-0.39, 0.29) is 12.2 Å². The average Bonchev–Trinajstić information content (AvgIpc) is 2.63. The highest BCUT2D eigenvalue weighted by Gasteiger charge is 2.30. The Hall–Kier alpha value is -2.12. The van der Waals surface area contributed by atoms with E-state index in [4.69, 9.17) is 5.73 Å². The first-order valence-electron chi connectivity index (χ1n) is 6.44. The van der Waals surface area contributed by atoms with E-state index in [0.29, 0.717) is 17.9 Å². The Kier molecular flexibility index (Phi) is 4.69. The lowest BCUT2D eigenvalue weighted by Gasteiger charge is -2.21. The van der Waals surface area contributed by atoms with Crippen molar-refractivity contribution in [3.05, 3.63) is 15.8 Å². The first kappa shape index (κ1) is 15.9. The van der Waals surface area contributed by atoms with Gasteiger partial charge in [-0.25, -0.2) is 4.68 Å². The fraction of sp³-hybridized carbons (Fsp3) is 0.667. The Bertz CT molecular complexity index is 521. The van der Waals surface area contributed by atoms with Gasteiger partial charge in [-0.15, -0.1) is 0 Å². The van der Waals surface area contributed by atoms with Crippen molar-refractivity contribution < 1.29 is 9.72 Å². The van der Waals surface area contributed by atoms with E-state index in [1.807, 2.05) is 6.92 Å². The quantitative estimate of drug-likeness (QED) is 0.576. The molecule has 0 spiro atoms. The molecule has 0 saturated carbocycles. The SMILES string of the molecule is CCCc1nn(C)c(NCC(C)(C)C(N)=O)c1[N+](=O)[O-]. The molecule has 0 aliphatic heterocycles. The first-order chi connectivity index (χ1) is 9.20. The Morgan fingerprint density at radius 1 is 1.55 bits per heavy atom. The van der Waals surface area contributed by atoms with Crippen LogP contribution in [0.1, 0.15) is 32.9 Å². The largest absolute Gasteiger partial charge is 0.369 e. The summed E-state index contributed by atoms with van der Waals surface area (Å²) in [6.45, 7) is 5.49. The lowest BCUT2D eigenvalue weighted by atomic mass is 9.93. The number of nitrogens with two attached hydrogens (primary N) is 1. The number of carbonyl (C=O) groups excluding carboxylic acids is 1. The van der Waals surface area contributed by atoms with Crippen LogP contribution in [0.2, 0.25) is 0 Å². The lowest BCUT2D eigenvalue weighted by molar-refractivity contribution is -0.384. The van der Waals surface area contributed by atoms with Crippen molar-refractivity contribution in [1.29, 1.82) is 0 Å². The van der Waals surface area contributed by atoms with Crippen molar-refractivity contribution in [2.75, 3.05) is 11.9 Å². The minimum absolute atomic E-state index is 0.0328. The van der Waals surface area contributed by atoms with Gasteiger partial charge >= 0.3 is 5.69 Å². The van der Waals surface area contributed by atoms with E-state index in [1.165, 1.54) is 4.68 Å². The summed E-state index contributed by atoms with van der Waals surface area (Å²) in [6.07, 6.45) is 1.30. The van der Waals surface area contributed by atoms with E-state index < -0.39 is 16.2 Å². The fourth-order valence-corrected chi connectivity index (χ4v) is 1.76. The number of primary amides is 1. The zero-order chi connectivity index (χ0) is 15.5. The number of nitro groups is 1. The third kappa shape index (κ3) is 3.25. The number of amides is 1. The average molecular weight is 283 g/mol. The van der Waals surface area contributed by atoms with Gasteiger partial charge in [0.05, 0.1) is 10.3 Å². The summed E-state index contributed by atoms with van der Waals surface area (Å²) in [4.78, 5) is 22.0.